The van der Waals surface area contributed by atoms with Gasteiger partial charge in [-0.1, -0.05) is 50.2 Å². The number of hydrogen-bond acceptors (Lipinski definition) is 7. The number of hydrogen-bond donors (Lipinski definition) is 0. The van der Waals surface area contributed by atoms with E-state index < -0.39 is 16.3 Å². The van der Waals surface area contributed by atoms with Crippen LogP contribution < -0.4 is 15.0 Å². The van der Waals surface area contributed by atoms with Crippen molar-refractivity contribution < 1.29 is 18.8 Å². The Bertz CT molecular complexity index is 1950. The molecule has 224 valence electrons. The number of nitro groups is 1. The second kappa shape index (κ2) is 12.9. The average Bonchev–Trinajstić information content (AvgIpc) is 3.00. The number of ether oxygens (including phenoxy) is 2. The van der Waals surface area contributed by atoms with Gasteiger partial charge in [-0.05, 0) is 67.3 Å². The molecule has 0 amide bonds. The van der Waals surface area contributed by atoms with E-state index in [1.54, 1.807) is 42.5 Å². The maximum absolute atomic E-state index is 14.3. The van der Waals surface area contributed by atoms with Crippen molar-refractivity contribution in [2.24, 2.45) is 5.10 Å². The van der Waals surface area contributed by atoms with Gasteiger partial charge in [-0.2, -0.15) is 9.78 Å². The van der Waals surface area contributed by atoms with Crippen LogP contribution in [0.15, 0.2) is 88.8 Å². The second-order valence-corrected chi connectivity index (χ2v) is 10.4. The molecule has 0 atom stereocenters. The number of nitro benzene ring substituents is 1. The minimum Gasteiger partial charge on any atom is -0.494 e. The summed E-state index contributed by atoms with van der Waals surface area (Å²) >= 11 is 0. The molecule has 0 bridgehead atoms. The quantitative estimate of drug-likeness (QED) is 0.0947. The lowest BCUT2D eigenvalue weighted by Crippen LogP contribution is -2.21. The molecule has 0 spiro atoms. The number of rotatable bonds is 10. The topological polar surface area (TPSA) is 109 Å². The van der Waals surface area contributed by atoms with Crippen LogP contribution in [-0.2, 0) is 6.61 Å². The fourth-order valence-corrected chi connectivity index (χ4v) is 4.91. The molecule has 0 saturated carbocycles. The SMILES string of the molecule is CCOc1cc(C)c(-c2nc3ccccc3c(=O)n2N=Cc2cccc([N+](=O)[O-])c2OCc2ccccc2F)cc1C(C)C. The molecule has 5 rings (SSSR count). The summed E-state index contributed by atoms with van der Waals surface area (Å²) in [5.41, 5.74) is 2.69. The lowest BCUT2D eigenvalue weighted by molar-refractivity contribution is -0.386. The molecular weight excluding hydrogens is 563 g/mol. The zero-order valence-corrected chi connectivity index (χ0v) is 24.8. The molecule has 0 radical (unpaired) electrons. The van der Waals surface area contributed by atoms with Crippen molar-refractivity contribution in [3.8, 4) is 22.9 Å². The van der Waals surface area contributed by atoms with Crippen LogP contribution in [0.25, 0.3) is 22.3 Å². The third kappa shape index (κ3) is 6.05. The average molecular weight is 595 g/mol. The molecule has 0 unspecified atom stereocenters. The van der Waals surface area contributed by atoms with E-state index in [0.29, 0.717) is 28.9 Å². The number of nitrogens with zero attached hydrogens (tertiary/aromatic N) is 4. The molecule has 4 aromatic carbocycles. The maximum atomic E-state index is 14.3. The summed E-state index contributed by atoms with van der Waals surface area (Å²) in [4.78, 5) is 30.0. The van der Waals surface area contributed by atoms with E-state index in [1.165, 1.54) is 35.2 Å². The standard InChI is InChI=1S/C34H31FN4O5/c1-5-43-31-17-22(4)27(18-26(31)21(2)3)33-37-29-15-9-7-13-25(29)34(40)38(33)36-19-23-12-10-16-30(39(41)42)32(23)44-20-24-11-6-8-14-28(24)35/h6-19,21H,5,20H2,1-4H3. The molecule has 44 heavy (non-hydrogen) atoms. The highest BCUT2D eigenvalue weighted by molar-refractivity contribution is 5.86. The third-order valence-electron chi connectivity index (χ3n) is 7.14. The van der Waals surface area contributed by atoms with Crippen LogP contribution in [0.3, 0.4) is 0 Å². The Morgan fingerprint density at radius 2 is 1.80 bits per heavy atom. The van der Waals surface area contributed by atoms with Crippen molar-refractivity contribution >= 4 is 22.8 Å². The van der Waals surface area contributed by atoms with Crippen molar-refractivity contribution in [2.45, 2.75) is 40.2 Å². The Kier molecular flexibility index (Phi) is 8.80. The summed E-state index contributed by atoms with van der Waals surface area (Å²) in [7, 11) is 0. The zero-order valence-electron chi connectivity index (χ0n) is 24.8. The van der Waals surface area contributed by atoms with E-state index in [1.807, 2.05) is 26.0 Å². The summed E-state index contributed by atoms with van der Waals surface area (Å²) in [6, 6.07) is 21.2. The number of aromatic nitrogens is 2. The summed E-state index contributed by atoms with van der Waals surface area (Å²) in [5, 5.41) is 16.8. The molecule has 0 aliphatic rings. The van der Waals surface area contributed by atoms with Gasteiger partial charge in [0.1, 0.15) is 18.2 Å². The molecule has 0 fully saturated rings. The van der Waals surface area contributed by atoms with Crippen LogP contribution in [-0.4, -0.2) is 27.4 Å². The predicted octanol–water partition coefficient (Wildman–Crippen LogP) is 7.40. The van der Waals surface area contributed by atoms with Gasteiger partial charge >= 0.3 is 5.69 Å². The van der Waals surface area contributed by atoms with E-state index in [-0.39, 0.29) is 35.1 Å². The smallest absolute Gasteiger partial charge is 0.311 e. The zero-order chi connectivity index (χ0) is 31.4. The molecule has 1 heterocycles. The minimum atomic E-state index is -0.583. The van der Waals surface area contributed by atoms with Crippen LogP contribution in [0, 0.1) is 22.9 Å². The van der Waals surface area contributed by atoms with Gasteiger partial charge in [0, 0.05) is 22.8 Å². The van der Waals surface area contributed by atoms with Gasteiger partial charge < -0.3 is 9.47 Å². The maximum Gasteiger partial charge on any atom is 0.311 e. The molecule has 0 N–H and O–H groups in total. The van der Waals surface area contributed by atoms with Crippen LogP contribution in [0.4, 0.5) is 10.1 Å². The highest BCUT2D eigenvalue weighted by Gasteiger charge is 2.21. The molecule has 0 saturated heterocycles. The van der Waals surface area contributed by atoms with Crippen molar-refractivity contribution in [1.82, 2.24) is 9.66 Å². The Morgan fingerprint density at radius 1 is 1.05 bits per heavy atom. The summed E-state index contributed by atoms with van der Waals surface area (Å²) in [6.45, 7) is 8.21. The summed E-state index contributed by atoms with van der Waals surface area (Å²) in [6.07, 6.45) is 1.32. The molecule has 9 nitrogen and oxygen atoms in total. The van der Waals surface area contributed by atoms with Crippen molar-refractivity contribution in [2.75, 3.05) is 6.61 Å². The van der Waals surface area contributed by atoms with Crippen LogP contribution in [0.2, 0.25) is 0 Å². The number of para-hydroxylation sites is 2. The van der Waals surface area contributed by atoms with Gasteiger partial charge in [0.15, 0.2) is 5.82 Å². The van der Waals surface area contributed by atoms with E-state index >= 15 is 0 Å². The Balaban J connectivity index is 1.68. The van der Waals surface area contributed by atoms with Gasteiger partial charge in [0.25, 0.3) is 5.56 Å². The lowest BCUT2D eigenvalue weighted by Gasteiger charge is -2.18. The first kappa shape index (κ1) is 30.1. The lowest BCUT2D eigenvalue weighted by atomic mass is 9.96. The number of benzene rings is 4. The number of halogens is 1. The monoisotopic (exact) mass is 594 g/mol. The Morgan fingerprint density at radius 3 is 2.52 bits per heavy atom. The van der Waals surface area contributed by atoms with Gasteiger partial charge in [-0.3, -0.25) is 14.9 Å². The molecule has 0 aliphatic carbocycles. The largest absolute Gasteiger partial charge is 0.494 e. The fourth-order valence-electron chi connectivity index (χ4n) is 4.91. The highest BCUT2D eigenvalue weighted by Crippen LogP contribution is 2.35. The normalized spacial score (nSPS) is 11.4. The predicted molar refractivity (Wildman–Crippen MR) is 168 cm³/mol. The summed E-state index contributed by atoms with van der Waals surface area (Å²) < 4.78 is 27.2. The van der Waals surface area contributed by atoms with Crippen molar-refractivity contribution in [1.29, 1.82) is 0 Å². The third-order valence-corrected chi connectivity index (χ3v) is 7.14. The van der Waals surface area contributed by atoms with E-state index in [4.69, 9.17) is 14.5 Å². The first-order valence-corrected chi connectivity index (χ1v) is 14.2. The van der Waals surface area contributed by atoms with Crippen molar-refractivity contribution in [3.63, 3.8) is 0 Å². The fraction of sp³-hybridized carbons (Fsp3) is 0.206. The van der Waals surface area contributed by atoms with Gasteiger partial charge in [0.05, 0.1) is 28.6 Å². The number of fused-ring (bicyclic) bond motifs is 1. The van der Waals surface area contributed by atoms with E-state index in [0.717, 1.165) is 16.9 Å². The first-order valence-electron chi connectivity index (χ1n) is 14.2. The molecular formula is C34H31FN4O5. The second-order valence-electron chi connectivity index (χ2n) is 10.4. The first-order chi connectivity index (χ1) is 21.2. The van der Waals surface area contributed by atoms with E-state index in [9.17, 15) is 19.3 Å². The van der Waals surface area contributed by atoms with Crippen LogP contribution in [0.5, 0.6) is 11.5 Å². The molecule has 0 aliphatic heterocycles. The molecule has 5 aromatic rings. The Hall–Kier alpha value is -5.38. The van der Waals surface area contributed by atoms with Gasteiger partial charge in [0.2, 0.25) is 5.75 Å². The summed E-state index contributed by atoms with van der Waals surface area (Å²) in [5.74, 6) is 0.583. The van der Waals surface area contributed by atoms with Crippen LogP contribution >= 0.6 is 0 Å². The highest BCUT2D eigenvalue weighted by atomic mass is 19.1. The van der Waals surface area contributed by atoms with E-state index in [2.05, 4.69) is 18.9 Å². The van der Waals surface area contributed by atoms with Gasteiger partial charge in [-0.25, -0.2) is 9.37 Å². The molecule has 1 aromatic heterocycles. The Labute approximate surface area is 253 Å². The van der Waals surface area contributed by atoms with Gasteiger partial charge in [-0.15, -0.1) is 0 Å². The van der Waals surface area contributed by atoms with Crippen molar-refractivity contribution in [3.05, 3.63) is 127 Å². The molecule has 10 heteroatoms. The van der Waals surface area contributed by atoms with Crippen LogP contribution in [0.1, 0.15) is 48.9 Å². The number of aryl methyl sites for hydroxylation is 1. The minimum absolute atomic E-state index is 0.104.